The van der Waals surface area contributed by atoms with E-state index in [9.17, 15) is 19.2 Å². The van der Waals surface area contributed by atoms with E-state index in [1.807, 2.05) is 0 Å². The Bertz CT molecular complexity index is 1460. The summed E-state index contributed by atoms with van der Waals surface area (Å²) in [5, 5.41) is 9.26. The lowest BCUT2D eigenvalue weighted by atomic mass is 9.95. The molecular formula is C29H33BrN4O10. The third-order valence-electron chi connectivity index (χ3n) is 5.97. The number of nitrogens with zero attached hydrogens (tertiary/aromatic N) is 1. The Labute approximate surface area is 262 Å². The van der Waals surface area contributed by atoms with Gasteiger partial charge in [-0.1, -0.05) is 6.07 Å². The molecule has 0 bridgehead atoms. The van der Waals surface area contributed by atoms with Gasteiger partial charge < -0.3 is 39.1 Å². The predicted octanol–water partition coefficient (Wildman–Crippen LogP) is 3.13. The fourth-order valence-corrected chi connectivity index (χ4v) is 4.44. The summed E-state index contributed by atoms with van der Waals surface area (Å²) in [5.41, 5.74) is 4.10. The van der Waals surface area contributed by atoms with Gasteiger partial charge in [-0.05, 0) is 66.5 Å². The van der Waals surface area contributed by atoms with Gasteiger partial charge in [0.1, 0.15) is 0 Å². The normalized spacial score (nSPS) is 14.3. The van der Waals surface area contributed by atoms with Crippen molar-refractivity contribution < 1.29 is 47.6 Å². The molecule has 0 saturated heterocycles. The maximum atomic E-state index is 12.6. The molecule has 1 heterocycles. The van der Waals surface area contributed by atoms with Crippen LogP contribution in [0.15, 0.2) is 51.2 Å². The number of esters is 2. The highest BCUT2D eigenvalue weighted by Crippen LogP contribution is 2.35. The molecule has 1 atom stereocenters. The molecule has 3 rings (SSSR count). The van der Waals surface area contributed by atoms with Crippen LogP contribution in [0.2, 0.25) is 0 Å². The summed E-state index contributed by atoms with van der Waals surface area (Å²) >= 11 is 3.40. The summed E-state index contributed by atoms with van der Waals surface area (Å²) in [6.45, 7) is 4.73. The number of methoxy groups -OCH3 is 2. The zero-order chi connectivity index (χ0) is 32.2. The number of amides is 3. The SMILES string of the molecule is CCOC(=O)COc1cc(Br)c(/C=N\NC(=O)COc2ccc([C@@H]3NC(=O)NC(C)=C3C(=O)OCC)cc2OC)cc1OC. The van der Waals surface area contributed by atoms with Crippen molar-refractivity contribution in [2.45, 2.75) is 26.8 Å². The number of carbonyl (C=O) groups is 4. The first kappa shape index (κ1) is 33.7. The van der Waals surface area contributed by atoms with Gasteiger partial charge in [-0.2, -0.15) is 5.10 Å². The Morgan fingerprint density at radius 1 is 0.955 bits per heavy atom. The Morgan fingerprint density at radius 2 is 1.64 bits per heavy atom. The molecule has 0 aromatic heterocycles. The average molecular weight is 678 g/mol. The van der Waals surface area contributed by atoms with Crippen LogP contribution in [0.4, 0.5) is 4.79 Å². The molecule has 0 saturated carbocycles. The van der Waals surface area contributed by atoms with Crippen molar-refractivity contribution in [1.29, 1.82) is 0 Å². The van der Waals surface area contributed by atoms with Crippen molar-refractivity contribution in [3.05, 3.63) is 57.2 Å². The van der Waals surface area contributed by atoms with E-state index >= 15 is 0 Å². The predicted molar refractivity (Wildman–Crippen MR) is 161 cm³/mol. The van der Waals surface area contributed by atoms with Gasteiger partial charge in [0.25, 0.3) is 5.91 Å². The van der Waals surface area contributed by atoms with Crippen LogP contribution in [-0.4, -0.2) is 70.7 Å². The number of urea groups is 1. The number of ether oxygens (including phenoxy) is 6. The van der Waals surface area contributed by atoms with Gasteiger partial charge in [0.15, 0.2) is 36.2 Å². The van der Waals surface area contributed by atoms with Crippen LogP contribution < -0.4 is 35.0 Å². The Balaban J connectivity index is 1.65. The summed E-state index contributed by atoms with van der Waals surface area (Å²) in [4.78, 5) is 48.8. The van der Waals surface area contributed by atoms with Gasteiger partial charge in [-0.15, -0.1) is 0 Å². The first-order chi connectivity index (χ1) is 21.1. The summed E-state index contributed by atoms with van der Waals surface area (Å²) in [6, 6.07) is 6.74. The van der Waals surface area contributed by atoms with Crippen LogP contribution in [0, 0.1) is 0 Å². The summed E-state index contributed by atoms with van der Waals surface area (Å²) in [6.07, 6.45) is 1.39. The quantitative estimate of drug-likeness (QED) is 0.153. The molecule has 0 fully saturated rings. The lowest BCUT2D eigenvalue weighted by Crippen LogP contribution is -2.45. The van der Waals surface area contributed by atoms with Crippen LogP contribution in [-0.2, 0) is 23.9 Å². The minimum Gasteiger partial charge on any atom is -0.493 e. The molecule has 2 aromatic carbocycles. The number of allylic oxidation sites excluding steroid dienone is 1. The van der Waals surface area contributed by atoms with Crippen molar-refractivity contribution in [3.63, 3.8) is 0 Å². The molecule has 236 valence electrons. The zero-order valence-corrected chi connectivity index (χ0v) is 26.4. The van der Waals surface area contributed by atoms with E-state index in [0.717, 1.165) is 0 Å². The molecule has 0 spiro atoms. The molecule has 15 heteroatoms. The maximum Gasteiger partial charge on any atom is 0.344 e. The number of halogens is 1. The third kappa shape index (κ3) is 8.86. The molecule has 1 aliphatic heterocycles. The van der Waals surface area contributed by atoms with Gasteiger partial charge in [-0.3, -0.25) is 4.79 Å². The van der Waals surface area contributed by atoms with Crippen LogP contribution >= 0.6 is 15.9 Å². The van der Waals surface area contributed by atoms with Crippen LogP contribution in [0.25, 0.3) is 0 Å². The van der Waals surface area contributed by atoms with Crippen LogP contribution in [0.5, 0.6) is 23.0 Å². The second kappa shape index (κ2) is 16.2. The highest BCUT2D eigenvalue weighted by Gasteiger charge is 2.32. The molecule has 0 unspecified atom stereocenters. The second-order valence-corrected chi connectivity index (χ2v) is 9.76. The fourth-order valence-electron chi connectivity index (χ4n) is 4.02. The highest BCUT2D eigenvalue weighted by atomic mass is 79.9. The van der Waals surface area contributed by atoms with E-state index < -0.39 is 36.5 Å². The first-order valence-electron chi connectivity index (χ1n) is 13.4. The van der Waals surface area contributed by atoms with Gasteiger partial charge in [0.05, 0.1) is 45.3 Å². The van der Waals surface area contributed by atoms with Crippen LogP contribution in [0.1, 0.15) is 37.9 Å². The van der Waals surface area contributed by atoms with Gasteiger partial charge in [0.2, 0.25) is 0 Å². The second-order valence-electron chi connectivity index (χ2n) is 8.90. The number of nitrogens with one attached hydrogen (secondary N) is 3. The molecule has 3 amide bonds. The van der Waals surface area contributed by atoms with E-state index in [2.05, 4.69) is 37.1 Å². The number of benzene rings is 2. The fraction of sp³-hybridized carbons (Fsp3) is 0.345. The maximum absolute atomic E-state index is 12.6. The van der Waals surface area contributed by atoms with Crippen molar-refractivity contribution in [3.8, 4) is 23.0 Å². The number of rotatable bonds is 14. The largest absolute Gasteiger partial charge is 0.493 e. The van der Waals surface area contributed by atoms with Gasteiger partial charge in [0, 0.05) is 15.7 Å². The molecule has 1 aliphatic rings. The molecule has 0 radical (unpaired) electrons. The van der Waals surface area contributed by atoms with Crippen LogP contribution in [0.3, 0.4) is 0 Å². The van der Waals surface area contributed by atoms with E-state index in [1.165, 1.54) is 20.4 Å². The minimum absolute atomic E-state index is 0.170. The Morgan fingerprint density at radius 3 is 2.32 bits per heavy atom. The molecule has 3 N–H and O–H groups in total. The molecule has 0 aliphatic carbocycles. The van der Waals surface area contributed by atoms with Gasteiger partial charge >= 0.3 is 18.0 Å². The topological polar surface area (TPSA) is 172 Å². The number of hydrogen-bond donors (Lipinski definition) is 3. The van der Waals surface area contributed by atoms with Crippen molar-refractivity contribution in [2.24, 2.45) is 5.10 Å². The lowest BCUT2D eigenvalue weighted by molar-refractivity contribution is -0.145. The van der Waals surface area contributed by atoms with E-state index in [4.69, 9.17) is 28.4 Å². The lowest BCUT2D eigenvalue weighted by Gasteiger charge is -2.28. The summed E-state index contributed by atoms with van der Waals surface area (Å²) < 4.78 is 32.5. The molecule has 44 heavy (non-hydrogen) atoms. The minimum atomic E-state index is -0.792. The summed E-state index contributed by atoms with van der Waals surface area (Å²) in [7, 11) is 2.87. The monoisotopic (exact) mass is 676 g/mol. The number of carbonyl (C=O) groups excluding carboxylic acids is 4. The van der Waals surface area contributed by atoms with Crippen molar-refractivity contribution in [2.75, 3.05) is 40.6 Å². The third-order valence-corrected chi connectivity index (χ3v) is 6.66. The number of hydrazone groups is 1. The van der Waals surface area contributed by atoms with E-state index in [0.29, 0.717) is 32.8 Å². The standard InChI is InChI=1S/C29H33BrN4O10/c1-6-41-25(36)15-44-23-12-19(30)18(11-22(23)40-5)13-31-34-24(35)14-43-20-9-8-17(10-21(20)39-4)27-26(28(37)42-7-2)16(3)32-29(38)33-27/h8-13,27H,6-7,14-15H2,1-5H3,(H,34,35)(H2,32,33,38)/b31-13-/t27-/m0/s1. The van der Waals surface area contributed by atoms with Crippen molar-refractivity contribution in [1.82, 2.24) is 16.1 Å². The summed E-state index contributed by atoms with van der Waals surface area (Å²) in [5.74, 6) is -0.462. The smallest absolute Gasteiger partial charge is 0.344 e. The molecular weight excluding hydrogens is 644 g/mol. The Hall–Kier alpha value is -4.79. The molecule has 2 aromatic rings. The van der Waals surface area contributed by atoms with E-state index in [-0.39, 0.29) is 36.9 Å². The van der Waals surface area contributed by atoms with Crippen molar-refractivity contribution >= 4 is 46.0 Å². The van der Waals surface area contributed by atoms with E-state index in [1.54, 1.807) is 51.1 Å². The zero-order valence-electron chi connectivity index (χ0n) is 24.8. The van der Waals surface area contributed by atoms with Gasteiger partial charge in [-0.25, -0.2) is 19.8 Å². The molecule has 14 nitrogen and oxygen atoms in total. The average Bonchev–Trinajstić information content (AvgIpc) is 2.99. The first-order valence-corrected chi connectivity index (χ1v) is 14.1. The highest BCUT2D eigenvalue weighted by molar-refractivity contribution is 9.10. The number of hydrogen-bond acceptors (Lipinski definition) is 11. The Kier molecular flexibility index (Phi) is 12.4.